The van der Waals surface area contributed by atoms with Crippen molar-refractivity contribution >= 4 is 66.4 Å². The molecule has 0 radical (unpaired) electrons. The molecule has 222 valence electrons. The Bertz CT molecular complexity index is 1530. The molecule has 0 aliphatic heterocycles. The van der Waals surface area contributed by atoms with Gasteiger partial charge in [-0.3, -0.25) is 19.2 Å². The van der Waals surface area contributed by atoms with Gasteiger partial charge < -0.3 is 24.4 Å². The molecule has 11 heteroatoms. The first-order valence-electron chi connectivity index (χ1n) is 13.4. The van der Waals surface area contributed by atoms with E-state index in [-0.39, 0.29) is 24.4 Å². The van der Waals surface area contributed by atoms with Gasteiger partial charge in [-0.15, -0.1) is 22.7 Å². The molecule has 42 heavy (non-hydrogen) atoms. The number of rotatable bonds is 15. The summed E-state index contributed by atoms with van der Waals surface area (Å²) in [5.74, 6) is -2.12. The van der Waals surface area contributed by atoms with Gasteiger partial charge in [-0.2, -0.15) is 0 Å². The number of ether oxygens (including phenoxy) is 3. The number of carbonyl (C=O) groups excluding carboxylic acids is 2. The molecule has 2 aromatic carbocycles. The molecule has 2 N–H and O–H groups in total. The van der Waals surface area contributed by atoms with Crippen molar-refractivity contribution in [3.05, 3.63) is 51.7 Å². The van der Waals surface area contributed by atoms with Crippen LogP contribution in [0.25, 0.3) is 20.2 Å². The summed E-state index contributed by atoms with van der Waals surface area (Å²) in [6.07, 6.45) is 1.20. The van der Waals surface area contributed by atoms with Crippen LogP contribution in [-0.2, 0) is 16.0 Å². The number of carbonyl (C=O) groups is 4. The zero-order valence-corrected chi connectivity index (χ0v) is 25.4. The maximum absolute atomic E-state index is 12.6. The summed E-state index contributed by atoms with van der Waals surface area (Å²) in [5, 5.41) is 20.0. The first kappa shape index (κ1) is 31.0. The van der Waals surface area contributed by atoms with Crippen LogP contribution in [0, 0.1) is 11.8 Å². The summed E-state index contributed by atoms with van der Waals surface area (Å²) in [5.41, 5.74) is 0.961. The smallest absolute Gasteiger partial charge is 0.306 e. The van der Waals surface area contributed by atoms with Gasteiger partial charge in [0.25, 0.3) is 0 Å². The lowest BCUT2D eigenvalue weighted by atomic mass is 10.0. The molecule has 0 saturated carbocycles. The van der Waals surface area contributed by atoms with Crippen LogP contribution in [0.4, 0.5) is 0 Å². The minimum Gasteiger partial charge on any atom is -0.496 e. The number of carboxylic acids is 2. The van der Waals surface area contributed by atoms with Crippen LogP contribution in [0.3, 0.4) is 0 Å². The number of fused-ring (bicyclic) bond motifs is 2. The summed E-state index contributed by atoms with van der Waals surface area (Å²) in [7, 11) is 3.14. The Morgan fingerprint density at radius 2 is 1.21 bits per heavy atom. The van der Waals surface area contributed by atoms with E-state index in [4.69, 9.17) is 24.4 Å². The van der Waals surface area contributed by atoms with Crippen LogP contribution in [0.5, 0.6) is 17.2 Å². The number of aliphatic carboxylic acids is 2. The highest BCUT2D eigenvalue weighted by molar-refractivity contribution is 7.21. The molecule has 0 saturated heterocycles. The second kappa shape index (κ2) is 13.3. The number of thiophene rings is 2. The molecular formula is C31H32O9S2. The number of aryl methyl sites for hydroxylation is 1. The fourth-order valence-electron chi connectivity index (χ4n) is 4.47. The van der Waals surface area contributed by atoms with Gasteiger partial charge in [0.2, 0.25) is 0 Å². The summed E-state index contributed by atoms with van der Waals surface area (Å²) in [4.78, 5) is 48.5. The molecule has 0 aliphatic rings. The Morgan fingerprint density at radius 1 is 0.714 bits per heavy atom. The van der Waals surface area contributed by atoms with E-state index >= 15 is 0 Å². The maximum atomic E-state index is 12.6. The van der Waals surface area contributed by atoms with Gasteiger partial charge in [-0.1, -0.05) is 13.8 Å². The van der Waals surface area contributed by atoms with E-state index < -0.39 is 23.8 Å². The minimum absolute atomic E-state index is 0.0499. The Kier molecular flexibility index (Phi) is 9.85. The van der Waals surface area contributed by atoms with Crippen LogP contribution in [0.15, 0.2) is 36.4 Å². The van der Waals surface area contributed by atoms with Crippen molar-refractivity contribution < 1.29 is 43.6 Å². The van der Waals surface area contributed by atoms with Crippen molar-refractivity contribution in [3.63, 3.8) is 0 Å². The number of hydrogen-bond donors (Lipinski definition) is 2. The zero-order chi connectivity index (χ0) is 30.6. The van der Waals surface area contributed by atoms with Crippen LogP contribution >= 0.6 is 22.7 Å². The summed E-state index contributed by atoms with van der Waals surface area (Å²) >= 11 is 2.62. The van der Waals surface area contributed by atoms with Crippen molar-refractivity contribution in [1.82, 2.24) is 0 Å². The molecule has 2 heterocycles. The summed E-state index contributed by atoms with van der Waals surface area (Å²) in [6.45, 7) is 3.42. The maximum Gasteiger partial charge on any atom is 0.306 e. The lowest BCUT2D eigenvalue weighted by Crippen LogP contribution is -2.13. The first-order chi connectivity index (χ1) is 20.0. The van der Waals surface area contributed by atoms with Gasteiger partial charge >= 0.3 is 11.9 Å². The van der Waals surface area contributed by atoms with Gasteiger partial charge in [0, 0.05) is 28.3 Å². The molecule has 0 aliphatic carbocycles. The topological polar surface area (TPSA) is 136 Å². The Labute approximate surface area is 250 Å². The van der Waals surface area contributed by atoms with Crippen molar-refractivity contribution in [3.8, 4) is 17.2 Å². The quantitative estimate of drug-likeness (QED) is 0.111. The van der Waals surface area contributed by atoms with Crippen LogP contribution in [0.2, 0.25) is 0 Å². The number of carboxylic acid groups (broad SMARTS) is 2. The lowest BCUT2D eigenvalue weighted by molar-refractivity contribution is -0.141. The van der Waals surface area contributed by atoms with Crippen molar-refractivity contribution in [2.45, 2.75) is 39.5 Å². The zero-order valence-electron chi connectivity index (χ0n) is 23.7. The molecular weight excluding hydrogens is 580 g/mol. The molecule has 0 amide bonds. The van der Waals surface area contributed by atoms with E-state index in [0.717, 1.165) is 25.7 Å². The van der Waals surface area contributed by atoms with Gasteiger partial charge in [0.15, 0.2) is 23.1 Å². The average molecular weight is 613 g/mol. The van der Waals surface area contributed by atoms with Crippen LogP contribution in [-0.4, -0.2) is 54.5 Å². The molecule has 2 aromatic heterocycles. The third-order valence-corrected chi connectivity index (χ3v) is 9.22. The monoisotopic (exact) mass is 612 g/mol. The summed E-state index contributed by atoms with van der Waals surface area (Å²) in [6, 6.07) is 11.1. The Morgan fingerprint density at radius 3 is 1.71 bits per heavy atom. The largest absolute Gasteiger partial charge is 0.496 e. The van der Waals surface area contributed by atoms with Gasteiger partial charge in [0.05, 0.1) is 42.4 Å². The van der Waals surface area contributed by atoms with Gasteiger partial charge in [-0.05, 0) is 59.5 Å². The van der Waals surface area contributed by atoms with Gasteiger partial charge in [0.1, 0.15) is 5.75 Å². The van der Waals surface area contributed by atoms with Crippen LogP contribution < -0.4 is 14.2 Å². The van der Waals surface area contributed by atoms with E-state index in [1.54, 1.807) is 26.4 Å². The van der Waals surface area contributed by atoms with E-state index in [2.05, 4.69) is 0 Å². The predicted octanol–water partition coefficient (Wildman–Crippen LogP) is 6.73. The van der Waals surface area contributed by atoms with E-state index in [0.29, 0.717) is 46.5 Å². The normalized spacial score (nSPS) is 12.7. The SMILES string of the molecule is COc1cc2sc(C(=O)C[C@H](C)C(=O)O)cc2cc1CCCOc1cc2cc(C(=O)C[C@H](C)C(=O)O)sc2cc1OC. The first-order valence-corrected chi connectivity index (χ1v) is 15.0. The number of methoxy groups -OCH3 is 2. The Balaban J connectivity index is 1.43. The molecule has 0 unspecified atom stereocenters. The molecule has 2 atom stereocenters. The molecule has 0 spiro atoms. The predicted molar refractivity (Wildman–Crippen MR) is 162 cm³/mol. The fraction of sp³-hybridized carbons (Fsp3) is 0.355. The standard InChI is InChI=1S/C31H32O9S2/c1-16(30(34)35)8-21(32)28-12-19-10-18(23(38-3)14-26(19)41-28)6-5-7-40-25-11-20-13-29(22(33)9-17(2)31(36)37)42-27(20)15-24(25)39-4/h10-17H,5-9H2,1-4H3,(H,34,35)(H,36,37)/t16-,17-/m0/s1. The third-order valence-electron chi connectivity index (χ3n) is 6.95. The lowest BCUT2D eigenvalue weighted by Gasteiger charge is -2.12. The second-order valence-corrected chi connectivity index (χ2v) is 12.3. The second-order valence-electron chi connectivity index (χ2n) is 10.1. The van der Waals surface area contributed by atoms with Crippen molar-refractivity contribution in [2.75, 3.05) is 20.8 Å². The number of Topliss-reactive ketones (excluding diaryl/α,β-unsaturated/α-hetero) is 2. The van der Waals surface area contributed by atoms with E-state index in [1.807, 2.05) is 24.3 Å². The molecule has 4 rings (SSSR count). The summed E-state index contributed by atoms with van der Waals surface area (Å²) < 4.78 is 18.9. The highest BCUT2D eigenvalue weighted by Gasteiger charge is 2.21. The minimum atomic E-state index is -1.00. The number of benzene rings is 2. The fourth-order valence-corrected chi connectivity index (χ4v) is 6.52. The molecule has 0 fully saturated rings. The van der Waals surface area contributed by atoms with Crippen molar-refractivity contribution in [1.29, 1.82) is 0 Å². The molecule has 4 aromatic rings. The van der Waals surface area contributed by atoms with Gasteiger partial charge in [-0.25, -0.2) is 0 Å². The molecule has 0 bridgehead atoms. The highest BCUT2D eigenvalue weighted by Crippen LogP contribution is 2.38. The van der Waals surface area contributed by atoms with Crippen LogP contribution in [0.1, 0.15) is 58.0 Å². The average Bonchev–Trinajstić information content (AvgIpc) is 3.57. The number of hydrogen-bond acceptors (Lipinski definition) is 9. The van der Waals surface area contributed by atoms with E-state index in [9.17, 15) is 19.2 Å². The van der Waals surface area contributed by atoms with Crippen molar-refractivity contribution in [2.24, 2.45) is 11.8 Å². The molecule has 9 nitrogen and oxygen atoms in total. The third kappa shape index (κ3) is 7.08. The Hall–Kier alpha value is -3.96. The number of ketones is 2. The highest BCUT2D eigenvalue weighted by atomic mass is 32.1. The van der Waals surface area contributed by atoms with E-state index in [1.165, 1.54) is 36.5 Å².